The molecule has 0 unspecified atom stereocenters. The molecule has 0 saturated carbocycles. The fourth-order valence-electron chi connectivity index (χ4n) is 2.78. The van der Waals surface area contributed by atoms with E-state index in [2.05, 4.69) is 54.7 Å². The lowest BCUT2D eigenvalue weighted by Gasteiger charge is -2.10. The number of carbonyl (C=O) groups is 1. The molecular formula is C19H19NO. The molecule has 0 aliphatic rings. The number of fused-ring (bicyclic) bond motifs is 3. The Bertz CT molecular complexity index is 792. The molecule has 3 rings (SSSR count). The van der Waals surface area contributed by atoms with Crippen LogP contribution >= 0.6 is 0 Å². The molecule has 3 aromatic rings. The van der Waals surface area contributed by atoms with Gasteiger partial charge >= 0.3 is 0 Å². The minimum Gasteiger partial charge on any atom is -0.356 e. The van der Waals surface area contributed by atoms with Crippen LogP contribution in [0.5, 0.6) is 0 Å². The maximum Gasteiger partial charge on any atom is 0.224 e. The summed E-state index contributed by atoms with van der Waals surface area (Å²) in [5.74, 6) is 0.0947. The number of carbonyl (C=O) groups excluding carboxylic acids is 1. The van der Waals surface area contributed by atoms with Gasteiger partial charge in [-0.25, -0.2) is 0 Å². The van der Waals surface area contributed by atoms with Crippen LogP contribution in [-0.2, 0) is 11.2 Å². The second-order valence-electron chi connectivity index (χ2n) is 5.33. The average molecular weight is 277 g/mol. The molecule has 0 atom stereocenters. The van der Waals surface area contributed by atoms with Crippen LogP contribution in [0.1, 0.15) is 18.9 Å². The Hall–Kier alpha value is -2.35. The molecule has 2 nitrogen and oxygen atoms in total. The largest absolute Gasteiger partial charge is 0.356 e. The SMILES string of the molecule is CCCNC(=O)Cc1cc2ccccc2c2ccccc12. The van der Waals surface area contributed by atoms with Gasteiger partial charge in [-0.1, -0.05) is 55.5 Å². The molecular weight excluding hydrogens is 258 g/mol. The van der Waals surface area contributed by atoms with Gasteiger partial charge in [0.05, 0.1) is 6.42 Å². The van der Waals surface area contributed by atoms with Gasteiger partial charge in [-0.3, -0.25) is 4.79 Å². The molecule has 1 N–H and O–H groups in total. The van der Waals surface area contributed by atoms with Gasteiger partial charge < -0.3 is 5.32 Å². The molecule has 0 aromatic heterocycles. The van der Waals surface area contributed by atoms with Crippen LogP contribution in [0.4, 0.5) is 0 Å². The van der Waals surface area contributed by atoms with E-state index < -0.39 is 0 Å². The van der Waals surface area contributed by atoms with E-state index >= 15 is 0 Å². The first-order valence-corrected chi connectivity index (χ1v) is 7.45. The van der Waals surface area contributed by atoms with Crippen molar-refractivity contribution in [2.75, 3.05) is 6.54 Å². The van der Waals surface area contributed by atoms with Gasteiger partial charge in [-0.05, 0) is 39.6 Å². The van der Waals surface area contributed by atoms with Gasteiger partial charge in [0, 0.05) is 6.54 Å². The van der Waals surface area contributed by atoms with Gasteiger partial charge in [0.15, 0.2) is 0 Å². The Morgan fingerprint density at radius 1 is 0.952 bits per heavy atom. The lowest BCUT2D eigenvalue weighted by Crippen LogP contribution is -2.25. The van der Waals surface area contributed by atoms with Crippen molar-refractivity contribution in [1.82, 2.24) is 5.32 Å². The van der Waals surface area contributed by atoms with Crippen molar-refractivity contribution in [2.24, 2.45) is 0 Å². The standard InChI is InChI=1S/C19H19NO/c1-2-11-20-19(21)13-15-12-14-7-3-4-8-16(14)18-10-6-5-9-17(15)18/h3-10,12H,2,11,13H2,1H3,(H,20,21). The zero-order valence-electron chi connectivity index (χ0n) is 12.2. The number of nitrogens with one attached hydrogen (secondary N) is 1. The Balaban J connectivity index is 2.10. The van der Waals surface area contributed by atoms with E-state index in [4.69, 9.17) is 0 Å². The summed E-state index contributed by atoms with van der Waals surface area (Å²) in [7, 11) is 0. The van der Waals surface area contributed by atoms with Crippen molar-refractivity contribution in [2.45, 2.75) is 19.8 Å². The summed E-state index contributed by atoms with van der Waals surface area (Å²) in [5.41, 5.74) is 1.10. The first-order valence-electron chi connectivity index (χ1n) is 7.45. The van der Waals surface area contributed by atoms with Crippen molar-refractivity contribution in [3.05, 3.63) is 60.2 Å². The minimum atomic E-state index is 0.0947. The summed E-state index contributed by atoms with van der Waals surface area (Å²) in [6.45, 7) is 2.80. The van der Waals surface area contributed by atoms with Crippen LogP contribution in [0.2, 0.25) is 0 Å². The summed E-state index contributed by atoms with van der Waals surface area (Å²) in [6, 6.07) is 18.8. The van der Waals surface area contributed by atoms with E-state index in [0.717, 1.165) is 18.5 Å². The third-order valence-corrected chi connectivity index (χ3v) is 3.78. The van der Waals surface area contributed by atoms with Gasteiger partial charge in [-0.15, -0.1) is 0 Å². The van der Waals surface area contributed by atoms with Crippen LogP contribution in [0.3, 0.4) is 0 Å². The topological polar surface area (TPSA) is 29.1 Å². The monoisotopic (exact) mass is 277 g/mol. The van der Waals surface area contributed by atoms with Gasteiger partial charge in [-0.2, -0.15) is 0 Å². The Morgan fingerprint density at radius 2 is 1.62 bits per heavy atom. The second kappa shape index (κ2) is 5.96. The molecule has 0 heterocycles. The van der Waals surface area contributed by atoms with E-state index in [1.54, 1.807) is 0 Å². The maximum atomic E-state index is 12.0. The van der Waals surface area contributed by atoms with E-state index in [-0.39, 0.29) is 5.91 Å². The Kier molecular flexibility index (Phi) is 3.87. The van der Waals surface area contributed by atoms with E-state index in [1.165, 1.54) is 21.5 Å². The van der Waals surface area contributed by atoms with Crippen molar-refractivity contribution in [1.29, 1.82) is 0 Å². The molecule has 0 aliphatic heterocycles. The fourth-order valence-corrected chi connectivity index (χ4v) is 2.78. The smallest absolute Gasteiger partial charge is 0.224 e. The molecule has 1 amide bonds. The molecule has 21 heavy (non-hydrogen) atoms. The highest BCUT2D eigenvalue weighted by atomic mass is 16.1. The van der Waals surface area contributed by atoms with Crippen LogP contribution < -0.4 is 5.32 Å². The maximum absolute atomic E-state index is 12.0. The molecule has 2 heteroatoms. The van der Waals surface area contributed by atoms with Gasteiger partial charge in [0.2, 0.25) is 5.91 Å². The lowest BCUT2D eigenvalue weighted by molar-refractivity contribution is -0.120. The van der Waals surface area contributed by atoms with Crippen molar-refractivity contribution >= 4 is 27.5 Å². The highest BCUT2D eigenvalue weighted by Gasteiger charge is 2.09. The molecule has 0 radical (unpaired) electrons. The Labute approximate surface area is 124 Å². The minimum absolute atomic E-state index is 0.0947. The normalized spacial score (nSPS) is 10.9. The van der Waals surface area contributed by atoms with Gasteiger partial charge in [0.25, 0.3) is 0 Å². The van der Waals surface area contributed by atoms with E-state index in [9.17, 15) is 4.79 Å². The zero-order valence-corrected chi connectivity index (χ0v) is 12.2. The molecule has 0 fully saturated rings. The van der Waals surface area contributed by atoms with Crippen LogP contribution in [0.25, 0.3) is 21.5 Å². The average Bonchev–Trinajstić information content (AvgIpc) is 2.53. The van der Waals surface area contributed by atoms with E-state index in [0.29, 0.717) is 6.42 Å². The fraction of sp³-hybridized carbons (Fsp3) is 0.211. The predicted molar refractivity (Wildman–Crippen MR) is 88.5 cm³/mol. The predicted octanol–water partition coefficient (Wildman–Crippen LogP) is 4.06. The number of benzene rings is 3. The zero-order chi connectivity index (χ0) is 14.7. The molecule has 0 aliphatic carbocycles. The Morgan fingerprint density at radius 3 is 2.38 bits per heavy atom. The molecule has 0 bridgehead atoms. The lowest BCUT2D eigenvalue weighted by atomic mass is 9.95. The number of amides is 1. The summed E-state index contributed by atoms with van der Waals surface area (Å²) < 4.78 is 0. The second-order valence-corrected chi connectivity index (χ2v) is 5.33. The van der Waals surface area contributed by atoms with Crippen LogP contribution in [0, 0.1) is 0 Å². The molecule has 0 spiro atoms. The first-order chi connectivity index (χ1) is 10.3. The van der Waals surface area contributed by atoms with Crippen molar-refractivity contribution in [3.8, 4) is 0 Å². The third-order valence-electron chi connectivity index (χ3n) is 3.78. The van der Waals surface area contributed by atoms with Crippen molar-refractivity contribution < 1.29 is 4.79 Å². The first kappa shape index (κ1) is 13.6. The number of hydrogen-bond acceptors (Lipinski definition) is 1. The quantitative estimate of drug-likeness (QED) is 0.716. The molecule has 3 aromatic carbocycles. The number of hydrogen-bond donors (Lipinski definition) is 1. The highest BCUT2D eigenvalue weighted by molar-refractivity contribution is 6.09. The van der Waals surface area contributed by atoms with Crippen LogP contribution in [0.15, 0.2) is 54.6 Å². The summed E-state index contributed by atoms with van der Waals surface area (Å²) in [4.78, 5) is 12.0. The van der Waals surface area contributed by atoms with Gasteiger partial charge in [0.1, 0.15) is 0 Å². The van der Waals surface area contributed by atoms with Crippen molar-refractivity contribution in [3.63, 3.8) is 0 Å². The van der Waals surface area contributed by atoms with E-state index in [1.807, 2.05) is 12.1 Å². The number of rotatable bonds is 4. The van der Waals surface area contributed by atoms with Crippen LogP contribution in [-0.4, -0.2) is 12.5 Å². The molecule has 0 saturated heterocycles. The third kappa shape index (κ3) is 2.75. The summed E-state index contributed by atoms with van der Waals surface area (Å²) in [6.07, 6.45) is 1.40. The summed E-state index contributed by atoms with van der Waals surface area (Å²) in [5, 5.41) is 7.77. The highest BCUT2D eigenvalue weighted by Crippen LogP contribution is 2.28. The molecule has 106 valence electrons. The summed E-state index contributed by atoms with van der Waals surface area (Å²) >= 11 is 0.